The molecule has 0 aromatic carbocycles. The van der Waals surface area contributed by atoms with Crippen molar-refractivity contribution in [1.82, 2.24) is 14.5 Å². The highest BCUT2D eigenvalue weighted by atomic mass is 32.1. The number of hydrogen-bond donors (Lipinski definition) is 3. The molecule has 4 N–H and O–H groups in total. The van der Waals surface area contributed by atoms with E-state index >= 15 is 0 Å². The van der Waals surface area contributed by atoms with E-state index in [4.69, 9.17) is 5.73 Å². The minimum absolute atomic E-state index is 0.150. The largest absolute Gasteiger partial charge is 0.384 e. The van der Waals surface area contributed by atoms with Gasteiger partial charge in [0.1, 0.15) is 11.4 Å². The summed E-state index contributed by atoms with van der Waals surface area (Å²) in [5.41, 5.74) is 5.67. The SMILES string of the molecule is CCCCNc1nc(-c2c(N)n(CC)c(=O)[nH]c2=O)cs1. The minimum atomic E-state index is -0.507. The molecule has 2 rings (SSSR count). The van der Waals surface area contributed by atoms with Crippen LogP contribution in [0.25, 0.3) is 11.3 Å². The van der Waals surface area contributed by atoms with E-state index in [1.54, 1.807) is 12.3 Å². The van der Waals surface area contributed by atoms with Gasteiger partial charge in [0.15, 0.2) is 5.13 Å². The normalized spacial score (nSPS) is 10.8. The Bertz CT molecular complexity index is 731. The summed E-state index contributed by atoms with van der Waals surface area (Å²) in [6, 6.07) is 0. The van der Waals surface area contributed by atoms with E-state index in [1.807, 2.05) is 0 Å². The first kappa shape index (κ1) is 15.3. The third-order valence-corrected chi connectivity index (χ3v) is 3.92. The van der Waals surface area contributed by atoms with Crippen LogP contribution in [-0.4, -0.2) is 21.1 Å². The summed E-state index contributed by atoms with van der Waals surface area (Å²) in [6.07, 6.45) is 2.15. The van der Waals surface area contributed by atoms with Crippen molar-refractivity contribution in [3.63, 3.8) is 0 Å². The number of nitrogen functional groups attached to an aromatic ring is 1. The van der Waals surface area contributed by atoms with Crippen molar-refractivity contribution in [2.45, 2.75) is 33.2 Å². The second kappa shape index (κ2) is 6.57. The van der Waals surface area contributed by atoms with Crippen LogP contribution in [0.4, 0.5) is 10.9 Å². The first-order valence-electron chi connectivity index (χ1n) is 6.90. The molecule has 0 saturated carbocycles. The minimum Gasteiger partial charge on any atom is -0.384 e. The Morgan fingerprint density at radius 3 is 2.86 bits per heavy atom. The maximum Gasteiger partial charge on any atom is 0.329 e. The smallest absolute Gasteiger partial charge is 0.329 e. The number of nitrogens with one attached hydrogen (secondary N) is 2. The molecule has 8 heteroatoms. The van der Waals surface area contributed by atoms with Crippen molar-refractivity contribution in [3.8, 4) is 11.3 Å². The molecule has 2 heterocycles. The van der Waals surface area contributed by atoms with Crippen LogP contribution in [0.5, 0.6) is 0 Å². The van der Waals surface area contributed by atoms with E-state index in [9.17, 15) is 9.59 Å². The molecule has 0 atom stereocenters. The van der Waals surface area contributed by atoms with Crippen molar-refractivity contribution in [2.24, 2.45) is 0 Å². The molecule has 0 spiro atoms. The fourth-order valence-corrected chi connectivity index (χ4v) is 2.72. The summed E-state index contributed by atoms with van der Waals surface area (Å²) in [5, 5.41) is 5.71. The molecule has 0 bridgehead atoms. The standard InChI is InChI=1S/C13H19N5O2S/c1-3-5-6-15-12-16-8(7-21-12)9-10(14)18(4-2)13(20)17-11(9)19/h7H,3-6,14H2,1-2H3,(H,15,16)(H,17,19,20). The molecular formula is C13H19N5O2S. The van der Waals surface area contributed by atoms with Crippen molar-refractivity contribution in [3.05, 3.63) is 26.2 Å². The Hall–Kier alpha value is -2.09. The third kappa shape index (κ3) is 3.15. The number of aromatic nitrogens is 3. The zero-order chi connectivity index (χ0) is 15.4. The van der Waals surface area contributed by atoms with Crippen molar-refractivity contribution >= 4 is 22.3 Å². The van der Waals surface area contributed by atoms with E-state index in [0.29, 0.717) is 12.2 Å². The van der Waals surface area contributed by atoms with Gasteiger partial charge in [-0.25, -0.2) is 9.78 Å². The summed E-state index contributed by atoms with van der Waals surface area (Å²) < 4.78 is 1.32. The van der Waals surface area contributed by atoms with E-state index in [1.165, 1.54) is 15.9 Å². The van der Waals surface area contributed by atoms with Gasteiger partial charge in [0.2, 0.25) is 0 Å². The second-order valence-corrected chi connectivity index (χ2v) is 5.44. The summed E-state index contributed by atoms with van der Waals surface area (Å²) in [6.45, 7) is 5.13. The van der Waals surface area contributed by atoms with Crippen LogP contribution in [0.2, 0.25) is 0 Å². The third-order valence-electron chi connectivity index (χ3n) is 3.12. The molecule has 21 heavy (non-hydrogen) atoms. The molecule has 2 aromatic rings. The Labute approximate surface area is 125 Å². The highest BCUT2D eigenvalue weighted by Crippen LogP contribution is 2.25. The summed E-state index contributed by atoms with van der Waals surface area (Å²) >= 11 is 1.41. The molecule has 0 radical (unpaired) electrons. The highest BCUT2D eigenvalue weighted by Gasteiger charge is 2.16. The number of rotatable bonds is 6. The predicted octanol–water partition coefficient (Wildman–Crippen LogP) is 1.47. The van der Waals surface area contributed by atoms with Gasteiger partial charge in [-0.05, 0) is 13.3 Å². The molecule has 2 aromatic heterocycles. The van der Waals surface area contributed by atoms with Gasteiger partial charge < -0.3 is 11.1 Å². The van der Waals surface area contributed by atoms with Gasteiger partial charge >= 0.3 is 5.69 Å². The number of H-pyrrole nitrogens is 1. The van der Waals surface area contributed by atoms with Crippen LogP contribution < -0.4 is 22.3 Å². The molecule has 7 nitrogen and oxygen atoms in total. The lowest BCUT2D eigenvalue weighted by Gasteiger charge is -2.08. The number of aromatic amines is 1. The van der Waals surface area contributed by atoms with Gasteiger partial charge in [0.05, 0.1) is 5.69 Å². The Kier molecular flexibility index (Phi) is 4.79. The number of hydrogen-bond acceptors (Lipinski definition) is 6. The van der Waals surface area contributed by atoms with Crippen molar-refractivity contribution in [1.29, 1.82) is 0 Å². The average molecular weight is 309 g/mol. The lowest BCUT2D eigenvalue weighted by atomic mass is 10.2. The molecule has 0 aliphatic carbocycles. The monoisotopic (exact) mass is 309 g/mol. The first-order chi connectivity index (χ1) is 10.1. The van der Waals surface area contributed by atoms with Crippen molar-refractivity contribution < 1.29 is 0 Å². The van der Waals surface area contributed by atoms with E-state index < -0.39 is 11.2 Å². The van der Waals surface area contributed by atoms with Crippen LogP contribution in [-0.2, 0) is 6.54 Å². The summed E-state index contributed by atoms with van der Waals surface area (Å²) in [4.78, 5) is 30.3. The lowest BCUT2D eigenvalue weighted by Crippen LogP contribution is -2.32. The average Bonchev–Trinajstić information content (AvgIpc) is 2.87. The molecule has 0 saturated heterocycles. The second-order valence-electron chi connectivity index (χ2n) is 4.58. The maximum absolute atomic E-state index is 12.0. The van der Waals surface area contributed by atoms with Crippen LogP contribution in [0, 0.1) is 0 Å². The van der Waals surface area contributed by atoms with Gasteiger partial charge in [-0.2, -0.15) is 0 Å². The number of anilines is 2. The maximum atomic E-state index is 12.0. The molecule has 114 valence electrons. The number of nitrogens with zero attached hydrogens (tertiary/aromatic N) is 2. The highest BCUT2D eigenvalue weighted by molar-refractivity contribution is 7.14. The molecule has 0 fully saturated rings. The molecular weight excluding hydrogens is 290 g/mol. The number of unbranched alkanes of at least 4 members (excludes halogenated alkanes) is 1. The summed E-state index contributed by atoms with van der Waals surface area (Å²) in [5.74, 6) is 0.150. The quantitative estimate of drug-likeness (QED) is 0.701. The van der Waals surface area contributed by atoms with Crippen LogP contribution in [0.15, 0.2) is 15.0 Å². The van der Waals surface area contributed by atoms with E-state index in [0.717, 1.165) is 24.5 Å². The first-order valence-corrected chi connectivity index (χ1v) is 7.78. The van der Waals surface area contributed by atoms with Gasteiger partial charge in [0, 0.05) is 18.5 Å². The Morgan fingerprint density at radius 1 is 1.43 bits per heavy atom. The summed E-state index contributed by atoms with van der Waals surface area (Å²) in [7, 11) is 0. The van der Waals surface area contributed by atoms with Crippen LogP contribution >= 0.6 is 11.3 Å². The zero-order valence-corrected chi connectivity index (χ0v) is 12.9. The van der Waals surface area contributed by atoms with Gasteiger partial charge in [-0.1, -0.05) is 13.3 Å². The zero-order valence-electron chi connectivity index (χ0n) is 12.1. The molecule has 0 aliphatic rings. The van der Waals surface area contributed by atoms with Crippen LogP contribution in [0.3, 0.4) is 0 Å². The number of thiazole rings is 1. The van der Waals surface area contributed by atoms with Crippen molar-refractivity contribution in [2.75, 3.05) is 17.6 Å². The Balaban J connectivity index is 2.39. The number of nitrogens with two attached hydrogens (primary N) is 1. The van der Waals surface area contributed by atoms with Gasteiger partial charge in [0.25, 0.3) is 5.56 Å². The van der Waals surface area contributed by atoms with Crippen LogP contribution in [0.1, 0.15) is 26.7 Å². The lowest BCUT2D eigenvalue weighted by molar-refractivity contribution is 0.706. The van der Waals surface area contributed by atoms with E-state index in [-0.39, 0.29) is 11.4 Å². The fourth-order valence-electron chi connectivity index (χ4n) is 1.99. The van der Waals surface area contributed by atoms with Gasteiger partial charge in [-0.15, -0.1) is 11.3 Å². The predicted molar refractivity (Wildman–Crippen MR) is 85.9 cm³/mol. The Morgan fingerprint density at radius 2 is 2.19 bits per heavy atom. The molecule has 0 unspecified atom stereocenters. The van der Waals surface area contributed by atoms with E-state index in [2.05, 4.69) is 22.2 Å². The topological polar surface area (TPSA) is 106 Å². The van der Waals surface area contributed by atoms with Gasteiger partial charge in [-0.3, -0.25) is 14.3 Å². The molecule has 0 amide bonds. The molecule has 0 aliphatic heterocycles. The fraction of sp³-hybridized carbons (Fsp3) is 0.462.